The Morgan fingerprint density at radius 3 is 2.50 bits per heavy atom. The third-order valence-corrected chi connectivity index (χ3v) is 2.79. The molecule has 0 aliphatic rings. The first-order valence-corrected chi connectivity index (χ1v) is 6.35. The number of nitrogens with one attached hydrogen (secondary N) is 1. The van der Waals surface area contributed by atoms with Gasteiger partial charge in [-0.2, -0.15) is 5.10 Å². The summed E-state index contributed by atoms with van der Waals surface area (Å²) in [5.74, 6) is 1.31. The molecule has 1 heterocycles. The molecular formula is C15H18N4O. The van der Waals surface area contributed by atoms with Gasteiger partial charge in [0.15, 0.2) is 0 Å². The predicted molar refractivity (Wildman–Crippen MR) is 80.3 cm³/mol. The molecule has 0 unspecified atom stereocenters. The smallest absolute Gasteiger partial charge is 0.243 e. The van der Waals surface area contributed by atoms with Gasteiger partial charge in [0.1, 0.15) is 5.75 Å². The van der Waals surface area contributed by atoms with E-state index in [1.807, 2.05) is 51.1 Å². The van der Waals surface area contributed by atoms with E-state index in [-0.39, 0.29) is 0 Å². The van der Waals surface area contributed by atoms with Crippen LogP contribution in [0.4, 0.5) is 5.95 Å². The van der Waals surface area contributed by atoms with Gasteiger partial charge in [0.05, 0.1) is 12.8 Å². The third kappa shape index (κ3) is 3.54. The molecule has 0 amide bonds. The maximum atomic E-state index is 5.20. The van der Waals surface area contributed by atoms with Crippen LogP contribution in [0, 0.1) is 13.8 Å². The normalized spacial score (nSPS) is 11.3. The molecule has 1 aromatic carbocycles. The van der Waals surface area contributed by atoms with Crippen molar-refractivity contribution in [1.82, 2.24) is 9.97 Å². The first-order valence-electron chi connectivity index (χ1n) is 6.35. The number of anilines is 1. The van der Waals surface area contributed by atoms with Crippen LogP contribution in [0.5, 0.6) is 5.75 Å². The Balaban J connectivity index is 2.17. The number of methoxy groups -OCH3 is 1. The van der Waals surface area contributed by atoms with Crippen molar-refractivity contribution in [1.29, 1.82) is 0 Å². The molecule has 0 spiro atoms. The second-order valence-electron chi connectivity index (χ2n) is 4.52. The summed E-state index contributed by atoms with van der Waals surface area (Å²) in [6, 6.07) is 9.66. The van der Waals surface area contributed by atoms with Crippen molar-refractivity contribution in [2.24, 2.45) is 5.10 Å². The number of hydrogen-bond donors (Lipinski definition) is 1. The average Bonchev–Trinajstić information content (AvgIpc) is 2.44. The molecule has 0 saturated heterocycles. The standard InChI is InChI=1S/C15H18N4O/c1-10-8-11(2)17-15(16-10)19-18-12(3)13-6-5-7-14(9-13)20-4/h5-9H,1-4H3,(H,16,17,19)/b18-12+. The lowest BCUT2D eigenvalue weighted by molar-refractivity contribution is 0.414. The number of aromatic nitrogens is 2. The minimum Gasteiger partial charge on any atom is -0.497 e. The molecule has 1 aromatic heterocycles. The minimum atomic E-state index is 0.504. The molecule has 2 aromatic rings. The van der Waals surface area contributed by atoms with Gasteiger partial charge in [-0.05, 0) is 39.0 Å². The Hall–Kier alpha value is -2.43. The van der Waals surface area contributed by atoms with E-state index >= 15 is 0 Å². The molecule has 5 nitrogen and oxygen atoms in total. The summed E-state index contributed by atoms with van der Waals surface area (Å²) in [4.78, 5) is 8.56. The second kappa shape index (κ2) is 6.14. The number of hydrazone groups is 1. The molecule has 5 heteroatoms. The topological polar surface area (TPSA) is 59.4 Å². The van der Waals surface area contributed by atoms with Crippen molar-refractivity contribution in [2.75, 3.05) is 12.5 Å². The highest BCUT2D eigenvalue weighted by Crippen LogP contribution is 2.13. The molecule has 20 heavy (non-hydrogen) atoms. The maximum Gasteiger partial charge on any atom is 0.243 e. The maximum absolute atomic E-state index is 5.20. The van der Waals surface area contributed by atoms with E-state index in [0.29, 0.717) is 5.95 Å². The highest BCUT2D eigenvalue weighted by molar-refractivity contribution is 5.99. The zero-order valence-corrected chi connectivity index (χ0v) is 12.1. The first-order chi connectivity index (χ1) is 9.58. The summed E-state index contributed by atoms with van der Waals surface area (Å²) in [6.07, 6.45) is 0. The minimum absolute atomic E-state index is 0.504. The van der Waals surface area contributed by atoms with Crippen molar-refractivity contribution < 1.29 is 4.74 Å². The zero-order chi connectivity index (χ0) is 14.5. The zero-order valence-electron chi connectivity index (χ0n) is 12.1. The summed E-state index contributed by atoms with van der Waals surface area (Å²) in [5, 5.41) is 4.31. The summed E-state index contributed by atoms with van der Waals surface area (Å²) < 4.78 is 5.20. The van der Waals surface area contributed by atoms with E-state index < -0.39 is 0 Å². The highest BCUT2D eigenvalue weighted by Gasteiger charge is 2.01. The molecule has 0 fully saturated rings. The van der Waals surface area contributed by atoms with E-state index in [1.54, 1.807) is 7.11 Å². The lowest BCUT2D eigenvalue weighted by Crippen LogP contribution is -2.04. The summed E-state index contributed by atoms with van der Waals surface area (Å²) in [7, 11) is 1.65. The fourth-order valence-electron chi connectivity index (χ4n) is 1.82. The van der Waals surface area contributed by atoms with Crippen LogP contribution in [-0.2, 0) is 0 Å². The van der Waals surface area contributed by atoms with Crippen molar-refractivity contribution in [3.8, 4) is 5.75 Å². The molecular weight excluding hydrogens is 252 g/mol. The molecule has 0 radical (unpaired) electrons. The number of nitrogens with zero attached hydrogens (tertiary/aromatic N) is 3. The largest absolute Gasteiger partial charge is 0.497 e. The van der Waals surface area contributed by atoms with Gasteiger partial charge in [0, 0.05) is 17.0 Å². The number of aryl methyl sites for hydroxylation is 2. The van der Waals surface area contributed by atoms with Crippen molar-refractivity contribution in [3.63, 3.8) is 0 Å². The van der Waals surface area contributed by atoms with Gasteiger partial charge >= 0.3 is 0 Å². The second-order valence-corrected chi connectivity index (χ2v) is 4.52. The van der Waals surface area contributed by atoms with Crippen LogP contribution in [-0.4, -0.2) is 22.8 Å². The highest BCUT2D eigenvalue weighted by atomic mass is 16.5. The van der Waals surface area contributed by atoms with Crippen LogP contribution < -0.4 is 10.2 Å². The van der Waals surface area contributed by atoms with Crippen LogP contribution in [0.15, 0.2) is 35.4 Å². The quantitative estimate of drug-likeness (QED) is 0.685. The van der Waals surface area contributed by atoms with E-state index in [1.165, 1.54) is 0 Å². The van der Waals surface area contributed by atoms with Gasteiger partial charge in [-0.25, -0.2) is 15.4 Å². The predicted octanol–water partition coefficient (Wildman–Crippen LogP) is 2.94. The summed E-state index contributed by atoms with van der Waals surface area (Å²) in [5.41, 5.74) is 6.54. The number of rotatable bonds is 4. The van der Waals surface area contributed by atoms with Crippen molar-refractivity contribution >= 4 is 11.7 Å². The molecule has 0 atom stereocenters. The molecule has 0 saturated carbocycles. The van der Waals surface area contributed by atoms with Gasteiger partial charge < -0.3 is 4.74 Å². The molecule has 2 rings (SSSR count). The van der Waals surface area contributed by atoms with E-state index in [0.717, 1.165) is 28.4 Å². The Labute approximate surface area is 118 Å². The molecule has 0 aliphatic heterocycles. The third-order valence-electron chi connectivity index (χ3n) is 2.79. The molecule has 0 bridgehead atoms. The van der Waals surface area contributed by atoms with Crippen LogP contribution in [0.25, 0.3) is 0 Å². The Morgan fingerprint density at radius 1 is 1.15 bits per heavy atom. The van der Waals surface area contributed by atoms with Gasteiger partial charge in [-0.15, -0.1) is 0 Å². The fourth-order valence-corrected chi connectivity index (χ4v) is 1.82. The monoisotopic (exact) mass is 270 g/mol. The summed E-state index contributed by atoms with van der Waals surface area (Å²) in [6.45, 7) is 5.78. The van der Waals surface area contributed by atoms with Gasteiger partial charge in [0.25, 0.3) is 0 Å². The van der Waals surface area contributed by atoms with Crippen LogP contribution in [0.2, 0.25) is 0 Å². The fraction of sp³-hybridized carbons (Fsp3) is 0.267. The Bertz CT molecular complexity index is 617. The lowest BCUT2D eigenvalue weighted by Gasteiger charge is -2.05. The van der Waals surface area contributed by atoms with Gasteiger partial charge in [0.2, 0.25) is 5.95 Å². The van der Waals surface area contributed by atoms with Crippen molar-refractivity contribution in [3.05, 3.63) is 47.3 Å². The number of benzene rings is 1. The summed E-state index contributed by atoms with van der Waals surface area (Å²) >= 11 is 0. The van der Waals surface area contributed by atoms with Gasteiger partial charge in [-0.1, -0.05) is 12.1 Å². The molecule has 0 aliphatic carbocycles. The lowest BCUT2D eigenvalue weighted by atomic mass is 10.1. The van der Waals surface area contributed by atoms with Crippen molar-refractivity contribution in [2.45, 2.75) is 20.8 Å². The Kier molecular flexibility index (Phi) is 4.30. The van der Waals surface area contributed by atoms with Crippen LogP contribution in [0.3, 0.4) is 0 Å². The van der Waals surface area contributed by atoms with Crippen LogP contribution >= 0.6 is 0 Å². The van der Waals surface area contributed by atoms with E-state index in [4.69, 9.17) is 4.74 Å². The molecule has 1 N–H and O–H groups in total. The SMILES string of the molecule is COc1cccc(/C(C)=N/Nc2nc(C)cc(C)n2)c1. The number of hydrogen-bond acceptors (Lipinski definition) is 5. The molecule has 104 valence electrons. The van der Waals surface area contributed by atoms with Crippen LogP contribution in [0.1, 0.15) is 23.9 Å². The van der Waals surface area contributed by atoms with E-state index in [9.17, 15) is 0 Å². The van der Waals surface area contributed by atoms with Gasteiger partial charge in [-0.3, -0.25) is 0 Å². The average molecular weight is 270 g/mol. The first kappa shape index (κ1) is 14.0. The van der Waals surface area contributed by atoms with E-state index in [2.05, 4.69) is 20.5 Å². The number of ether oxygens (including phenoxy) is 1. The Morgan fingerprint density at radius 2 is 1.85 bits per heavy atom.